The highest BCUT2D eigenvalue weighted by molar-refractivity contribution is 5.81. The number of hydrogen-bond acceptors (Lipinski definition) is 4. The van der Waals surface area contributed by atoms with E-state index in [-0.39, 0.29) is 37.1 Å². The number of nitrogens with zero attached hydrogens (tertiary/aromatic N) is 3. The zero-order valence-corrected chi connectivity index (χ0v) is 16.4. The predicted octanol–water partition coefficient (Wildman–Crippen LogP) is 2.84. The van der Waals surface area contributed by atoms with Crippen molar-refractivity contribution >= 4 is 17.6 Å². The third-order valence-corrected chi connectivity index (χ3v) is 5.53. The Morgan fingerprint density at radius 3 is 2.62 bits per heavy atom. The monoisotopic (exact) mass is 412 g/mol. The summed E-state index contributed by atoms with van der Waals surface area (Å²) in [6.45, 7) is 2.41. The number of hydrogen-bond donors (Lipinski definition) is 1. The van der Waals surface area contributed by atoms with Gasteiger partial charge in [0.2, 0.25) is 11.8 Å². The van der Waals surface area contributed by atoms with Gasteiger partial charge >= 0.3 is 6.18 Å². The average molecular weight is 412 g/mol. The first-order valence-electron chi connectivity index (χ1n) is 10.2. The summed E-state index contributed by atoms with van der Waals surface area (Å²) < 4.78 is 39.8. The van der Waals surface area contributed by atoms with Crippen LogP contribution in [0.4, 0.5) is 19.0 Å². The zero-order valence-electron chi connectivity index (χ0n) is 16.4. The molecule has 1 unspecified atom stereocenters. The third-order valence-electron chi connectivity index (χ3n) is 5.53. The fraction of sp³-hybridized carbons (Fsp3) is 0.650. The third kappa shape index (κ3) is 5.61. The molecule has 3 heterocycles. The normalized spacial score (nSPS) is 20.4. The fourth-order valence-corrected chi connectivity index (χ4v) is 3.99. The molecule has 0 spiro atoms. The lowest BCUT2D eigenvalue weighted by atomic mass is 9.96. The molecule has 0 aromatic carbocycles. The molecule has 2 amide bonds. The summed E-state index contributed by atoms with van der Waals surface area (Å²) in [6.07, 6.45) is 1.49. The molecule has 1 atom stereocenters. The van der Waals surface area contributed by atoms with E-state index in [9.17, 15) is 22.8 Å². The molecule has 2 aliphatic rings. The fourth-order valence-electron chi connectivity index (χ4n) is 3.99. The summed E-state index contributed by atoms with van der Waals surface area (Å²) in [5, 5.41) is 2.78. The van der Waals surface area contributed by atoms with Crippen molar-refractivity contribution in [2.24, 2.45) is 5.92 Å². The second-order valence-electron chi connectivity index (χ2n) is 7.64. The topological polar surface area (TPSA) is 65.5 Å². The first kappa shape index (κ1) is 21.4. The van der Waals surface area contributed by atoms with Crippen LogP contribution >= 0.6 is 0 Å². The van der Waals surface area contributed by atoms with Crippen LogP contribution in [0.1, 0.15) is 44.1 Å². The number of likely N-dealkylation sites (tertiary alicyclic amines) is 1. The molecule has 0 aliphatic carbocycles. The predicted molar refractivity (Wildman–Crippen MR) is 102 cm³/mol. The summed E-state index contributed by atoms with van der Waals surface area (Å²) in [5.74, 6) is -0.723. The van der Waals surface area contributed by atoms with E-state index in [1.807, 2.05) is 4.90 Å². The first-order chi connectivity index (χ1) is 13.9. The van der Waals surface area contributed by atoms with Gasteiger partial charge in [0.25, 0.3) is 0 Å². The molecule has 29 heavy (non-hydrogen) atoms. The molecular weight excluding hydrogens is 385 g/mol. The van der Waals surface area contributed by atoms with Crippen LogP contribution in [0.5, 0.6) is 0 Å². The Morgan fingerprint density at radius 2 is 1.90 bits per heavy atom. The Labute approximate surface area is 168 Å². The van der Waals surface area contributed by atoms with Gasteiger partial charge in [-0.2, -0.15) is 13.2 Å². The summed E-state index contributed by atoms with van der Waals surface area (Å²) in [7, 11) is 0. The molecule has 2 fully saturated rings. The largest absolute Gasteiger partial charge is 0.419 e. The van der Waals surface area contributed by atoms with Gasteiger partial charge < -0.3 is 15.1 Å². The van der Waals surface area contributed by atoms with Crippen LogP contribution in [0, 0.1) is 5.92 Å². The van der Waals surface area contributed by atoms with Crippen LogP contribution in [-0.2, 0) is 15.8 Å². The van der Waals surface area contributed by atoms with Crippen molar-refractivity contribution in [1.82, 2.24) is 15.2 Å². The number of anilines is 1. The number of aromatic nitrogens is 1. The van der Waals surface area contributed by atoms with E-state index in [0.717, 1.165) is 38.4 Å². The van der Waals surface area contributed by atoms with Crippen LogP contribution in [0.15, 0.2) is 18.3 Å². The molecule has 2 aliphatic heterocycles. The maximum Gasteiger partial charge on any atom is 0.419 e. The van der Waals surface area contributed by atoms with Gasteiger partial charge in [-0.3, -0.25) is 9.59 Å². The van der Waals surface area contributed by atoms with Crippen molar-refractivity contribution in [3.63, 3.8) is 0 Å². The highest BCUT2D eigenvalue weighted by atomic mass is 19.4. The molecule has 3 rings (SSSR count). The van der Waals surface area contributed by atoms with Gasteiger partial charge in [-0.15, -0.1) is 0 Å². The van der Waals surface area contributed by atoms with Crippen LogP contribution in [-0.4, -0.2) is 54.4 Å². The summed E-state index contributed by atoms with van der Waals surface area (Å²) in [5.41, 5.74) is -0.784. The summed E-state index contributed by atoms with van der Waals surface area (Å²) >= 11 is 0. The van der Waals surface area contributed by atoms with E-state index < -0.39 is 17.7 Å². The molecular formula is C20H27F3N4O2. The van der Waals surface area contributed by atoms with Gasteiger partial charge in [-0.25, -0.2) is 4.98 Å². The van der Waals surface area contributed by atoms with Crippen LogP contribution in [0.2, 0.25) is 0 Å². The SMILES string of the molecule is O=C(NCCC(=O)N1CCCCC1)C1CCCN(c2ncccc2C(F)(F)F)C1. The van der Waals surface area contributed by atoms with Crippen LogP contribution in [0.3, 0.4) is 0 Å². The number of alkyl halides is 3. The minimum absolute atomic E-state index is 0.0403. The Kier molecular flexibility index (Phi) is 6.97. The zero-order chi connectivity index (χ0) is 20.9. The van der Waals surface area contributed by atoms with Crippen molar-refractivity contribution in [2.75, 3.05) is 37.6 Å². The second-order valence-corrected chi connectivity index (χ2v) is 7.64. The van der Waals surface area contributed by atoms with Gasteiger partial charge in [0, 0.05) is 45.3 Å². The number of pyridine rings is 1. The van der Waals surface area contributed by atoms with Gasteiger partial charge in [0.05, 0.1) is 11.5 Å². The molecule has 160 valence electrons. The van der Waals surface area contributed by atoms with Crippen molar-refractivity contribution in [3.05, 3.63) is 23.9 Å². The van der Waals surface area contributed by atoms with E-state index in [1.165, 1.54) is 17.2 Å². The van der Waals surface area contributed by atoms with E-state index in [1.54, 1.807) is 0 Å². The molecule has 6 nitrogen and oxygen atoms in total. The van der Waals surface area contributed by atoms with Crippen molar-refractivity contribution in [1.29, 1.82) is 0 Å². The number of rotatable bonds is 5. The highest BCUT2D eigenvalue weighted by Gasteiger charge is 2.37. The molecule has 1 aromatic heterocycles. The van der Waals surface area contributed by atoms with E-state index in [4.69, 9.17) is 0 Å². The van der Waals surface area contributed by atoms with Gasteiger partial charge in [-0.05, 0) is 44.2 Å². The maximum atomic E-state index is 13.3. The van der Waals surface area contributed by atoms with Crippen molar-refractivity contribution in [3.8, 4) is 0 Å². The minimum Gasteiger partial charge on any atom is -0.355 e. The van der Waals surface area contributed by atoms with Crippen molar-refractivity contribution in [2.45, 2.75) is 44.7 Å². The lowest BCUT2D eigenvalue weighted by Crippen LogP contribution is -2.45. The molecule has 1 aromatic rings. The Hall–Kier alpha value is -2.32. The highest BCUT2D eigenvalue weighted by Crippen LogP contribution is 2.36. The number of halogens is 3. The Balaban J connectivity index is 1.53. The summed E-state index contributed by atoms with van der Waals surface area (Å²) in [4.78, 5) is 32.0. The van der Waals surface area contributed by atoms with Gasteiger partial charge in [0.1, 0.15) is 5.82 Å². The number of nitrogens with one attached hydrogen (secondary N) is 1. The van der Waals surface area contributed by atoms with Crippen LogP contribution < -0.4 is 10.2 Å². The molecule has 2 saturated heterocycles. The average Bonchev–Trinajstić information content (AvgIpc) is 2.73. The minimum atomic E-state index is -4.49. The van der Waals surface area contributed by atoms with Gasteiger partial charge in [-0.1, -0.05) is 0 Å². The molecule has 0 saturated carbocycles. The number of carbonyl (C=O) groups excluding carboxylic acids is 2. The lowest BCUT2D eigenvalue weighted by Gasteiger charge is -2.34. The Morgan fingerprint density at radius 1 is 1.14 bits per heavy atom. The standard InChI is InChI=1S/C20H27F3N4O2/c21-20(22,23)16-7-4-9-24-18(16)27-13-5-6-15(14-27)19(29)25-10-8-17(28)26-11-2-1-3-12-26/h4,7,9,15H,1-3,5-6,8,10-14H2,(H,25,29). The molecule has 0 radical (unpaired) electrons. The van der Waals surface area contributed by atoms with E-state index in [2.05, 4.69) is 10.3 Å². The summed E-state index contributed by atoms with van der Waals surface area (Å²) in [6, 6.07) is 2.28. The molecule has 0 bridgehead atoms. The molecule has 9 heteroatoms. The van der Waals surface area contributed by atoms with Crippen LogP contribution in [0.25, 0.3) is 0 Å². The quantitative estimate of drug-likeness (QED) is 0.808. The van der Waals surface area contributed by atoms with Gasteiger partial charge in [0.15, 0.2) is 0 Å². The smallest absolute Gasteiger partial charge is 0.355 e. The van der Waals surface area contributed by atoms with E-state index in [0.29, 0.717) is 19.4 Å². The number of piperidine rings is 2. The molecule has 1 N–H and O–H groups in total. The Bertz CT molecular complexity index is 720. The number of carbonyl (C=O) groups is 2. The number of amides is 2. The maximum absolute atomic E-state index is 13.3. The lowest BCUT2D eigenvalue weighted by molar-refractivity contribution is -0.137. The van der Waals surface area contributed by atoms with E-state index >= 15 is 0 Å². The second kappa shape index (κ2) is 9.45. The first-order valence-corrected chi connectivity index (χ1v) is 10.2. The van der Waals surface area contributed by atoms with Crippen molar-refractivity contribution < 1.29 is 22.8 Å².